The van der Waals surface area contributed by atoms with Crippen LogP contribution in [0.25, 0.3) is 10.5 Å². The fourth-order valence-corrected chi connectivity index (χ4v) is 3.65. The number of halogens is 1. The quantitative estimate of drug-likeness (QED) is 0.536. The van der Waals surface area contributed by atoms with Crippen LogP contribution in [0.4, 0.5) is 17.1 Å². The molecule has 2 heterocycles. The number of hydrogen-bond acceptors (Lipinski definition) is 3. The van der Waals surface area contributed by atoms with Gasteiger partial charge in [-0.15, -0.1) is 10.2 Å². The van der Waals surface area contributed by atoms with E-state index in [1.807, 2.05) is 37.3 Å². The van der Waals surface area contributed by atoms with E-state index in [0.717, 1.165) is 39.7 Å². The average Bonchev–Trinajstić information content (AvgIpc) is 2.95. The first-order valence-corrected chi connectivity index (χ1v) is 8.84. The van der Waals surface area contributed by atoms with Crippen molar-refractivity contribution in [2.45, 2.75) is 19.8 Å². The van der Waals surface area contributed by atoms with Gasteiger partial charge in [0, 0.05) is 22.6 Å². The average molecular weight is 394 g/mol. The van der Waals surface area contributed by atoms with Gasteiger partial charge >= 0.3 is 0 Å². The van der Waals surface area contributed by atoms with Crippen molar-refractivity contribution < 1.29 is 0 Å². The van der Waals surface area contributed by atoms with E-state index >= 15 is 0 Å². The van der Waals surface area contributed by atoms with Crippen molar-refractivity contribution in [3.63, 3.8) is 0 Å². The highest BCUT2D eigenvalue weighted by Crippen LogP contribution is 2.39. The van der Waals surface area contributed by atoms with E-state index in [1.165, 1.54) is 0 Å². The zero-order valence-corrected chi connectivity index (χ0v) is 15.5. The molecule has 6 heteroatoms. The van der Waals surface area contributed by atoms with Crippen LogP contribution in [0, 0.1) is 13.5 Å². The largest absolute Gasteiger partial charge is 0.339 e. The second kappa shape index (κ2) is 6.01. The molecule has 0 saturated carbocycles. The number of rotatable bonds is 1. The van der Waals surface area contributed by atoms with E-state index in [9.17, 15) is 0 Å². The third-order valence-corrected chi connectivity index (χ3v) is 5.00. The van der Waals surface area contributed by atoms with Crippen LogP contribution in [-0.4, -0.2) is 21.3 Å². The van der Waals surface area contributed by atoms with Gasteiger partial charge < -0.3 is 4.90 Å². The third kappa shape index (κ3) is 2.61. The summed E-state index contributed by atoms with van der Waals surface area (Å²) in [6.07, 6.45) is 0. The number of nitrogens with zero attached hydrogens (tertiary/aromatic N) is 5. The Morgan fingerprint density at radius 2 is 1.88 bits per heavy atom. The second-order valence-electron chi connectivity index (χ2n) is 6.21. The lowest BCUT2D eigenvalue weighted by Crippen LogP contribution is -2.21. The number of anilines is 2. The lowest BCUT2D eigenvalue weighted by molar-refractivity contribution is 0.696. The van der Waals surface area contributed by atoms with Crippen molar-refractivity contribution in [2.24, 2.45) is 0 Å². The summed E-state index contributed by atoms with van der Waals surface area (Å²) in [7, 11) is 0. The van der Waals surface area contributed by atoms with Gasteiger partial charge in [0.15, 0.2) is 5.69 Å². The molecule has 0 N–H and O–H groups in total. The van der Waals surface area contributed by atoms with Gasteiger partial charge in [-0.3, -0.25) is 4.57 Å². The maximum Gasteiger partial charge on any atom is 0.187 e. The topological polar surface area (TPSA) is 38.3 Å². The Balaban J connectivity index is 1.93. The lowest BCUT2D eigenvalue weighted by atomic mass is 10.1. The fraction of sp³-hybridized carbons (Fsp3) is 0.211. The first-order valence-electron chi connectivity index (χ1n) is 8.05. The molecule has 0 saturated heterocycles. The molecule has 4 rings (SSSR count). The molecular weight excluding hydrogens is 378 g/mol. The molecule has 1 aliphatic heterocycles. The zero-order valence-electron chi connectivity index (χ0n) is 13.9. The summed E-state index contributed by atoms with van der Waals surface area (Å²) in [6, 6.07) is 14.0. The Labute approximate surface area is 154 Å². The summed E-state index contributed by atoms with van der Waals surface area (Å²) >= 11 is 3.60. The Morgan fingerprint density at radius 3 is 2.60 bits per heavy atom. The van der Waals surface area contributed by atoms with Crippen LogP contribution < -0.4 is 4.90 Å². The standard InChI is InChI=1S/C19H16BrN5/c1-12-11-24(16-7-5-15(21-3)6-8-16)18-10-14(20)4-9-17(18)25-13(2)22-23-19(12)25/h4-10,12H,11H2,1-2H3. The monoisotopic (exact) mass is 393 g/mol. The summed E-state index contributed by atoms with van der Waals surface area (Å²) < 4.78 is 3.16. The summed E-state index contributed by atoms with van der Waals surface area (Å²) in [5.41, 5.74) is 3.88. The molecule has 0 bridgehead atoms. The van der Waals surface area contributed by atoms with Gasteiger partial charge in [0.2, 0.25) is 0 Å². The number of hydrogen-bond donors (Lipinski definition) is 0. The number of aryl methyl sites for hydroxylation is 1. The van der Waals surface area contributed by atoms with E-state index in [1.54, 1.807) is 0 Å². The minimum absolute atomic E-state index is 0.216. The SMILES string of the molecule is [C-]#[N+]c1ccc(N2CC(C)c3nnc(C)n3-c3ccc(Br)cc32)cc1. The highest BCUT2D eigenvalue weighted by Gasteiger charge is 2.28. The highest BCUT2D eigenvalue weighted by atomic mass is 79.9. The first kappa shape index (κ1) is 15.9. The number of benzene rings is 2. The second-order valence-corrected chi connectivity index (χ2v) is 7.13. The van der Waals surface area contributed by atoms with E-state index < -0.39 is 0 Å². The maximum absolute atomic E-state index is 7.15. The molecule has 1 unspecified atom stereocenters. The fourth-order valence-electron chi connectivity index (χ4n) is 3.30. The predicted molar refractivity (Wildman–Crippen MR) is 102 cm³/mol. The minimum Gasteiger partial charge on any atom is -0.339 e. The summed E-state index contributed by atoms with van der Waals surface area (Å²) in [5, 5.41) is 8.69. The molecule has 2 aromatic carbocycles. The Hall–Kier alpha value is -2.65. The molecule has 0 radical (unpaired) electrons. The summed E-state index contributed by atoms with van der Waals surface area (Å²) in [6.45, 7) is 12.1. The van der Waals surface area contributed by atoms with Gasteiger partial charge in [0.05, 0.1) is 17.9 Å². The maximum atomic E-state index is 7.15. The van der Waals surface area contributed by atoms with E-state index in [-0.39, 0.29) is 5.92 Å². The van der Waals surface area contributed by atoms with Crippen LogP contribution >= 0.6 is 15.9 Å². The zero-order chi connectivity index (χ0) is 17.6. The van der Waals surface area contributed by atoms with Gasteiger partial charge in [0.25, 0.3) is 0 Å². The van der Waals surface area contributed by atoms with Crippen LogP contribution in [0.2, 0.25) is 0 Å². The van der Waals surface area contributed by atoms with Crippen LogP contribution in [0.15, 0.2) is 46.9 Å². The molecule has 0 spiro atoms. The normalized spacial score (nSPS) is 15.9. The van der Waals surface area contributed by atoms with Crippen molar-refractivity contribution in [3.05, 3.63) is 70.0 Å². The van der Waals surface area contributed by atoms with Gasteiger partial charge in [-0.25, -0.2) is 4.85 Å². The number of fused-ring (bicyclic) bond motifs is 3. The van der Waals surface area contributed by atoms with Crippen molar-refractivity contribution in [1.82, 2.24) is 14.8 Å². The minimum atomic E-state index is 0.216. The number of aromatic nitrogens is 3. The smallest absolute Gasteiger partial charge is 0.187 e. The molecule has 1 aliphatic rings. The van der Waals surface area contributed by atoms with Crippen molar-refractivity contribution in [3.8, 4) is 5.69 Å². The molecule has 0 fully saturated rings. The van der Waals surface area contributed by atoms with Gasteiger partial charge in [-0.05, 0) is 37.3 Å². The van der Waals surface area contributed by atoms with E-state index in [4.69, 9.17) is 6.57 Å². The molecule has 0 amide bonds. The molecular formula is C19H16BrN5. The van der Waals surface area contributed by atoms with Crippen LogP contribution in [0.3, 0.4) is 0 Å². The van der Waals surface area contributed by atoms with E-state index in [2.05, 4.69) is 59.5 Å². The van der Waals surface area contributed by atoms with Crippen LogP contribution in [0.1, 0.15) is 24.5 Å². The Kier molecular flexibility index (Phi) is 3.81. The Bertz CT molecular complexity index is 984. The molecule has 124 valence electrons. The Morgan fingerprint density at radius 1 is 1.12 bits per heavy atom. The van der Waals surface area contributed by atoms with Gasteiger partial charge in [-0.2, -0.15) is 0 Å². The molecule has 5 nitrogen and oxygen atoms in total. The van der Waals surface area contributed by atoms with Crippen LogP contribution in [0.5, 0.6) is 0 Å². The predicted octanol–water partition coefficient (Wildman–Crippen LogP) is 5.14. The summed E-state index contributed by atoms with van der Waals surface area (Å²) in [5.74, 6) is 2.07. The lowest BCUT2D eigenvalue weighted by Gasteiger charge is -2.26. The molecule has 0 aliphatic carbocycles. The van der Waals surface area contributed by atoms with Crippen molar-refractivity contribution >= 4 is 33.0 Å². The first-order chi connectivity index (χ1) is 12.1. The molecule has 3 aromatic rings. The summed E-state index contributed by atoms with van der Waals surface area (Å²) in [4.78, 5) is 5.77. The van der Waals surface area contributed by atoms with Gasteiger partial charge in [0.1, 0.15) is 11.6 Å². The molecule has 1 atom stereocenters. The molecule has 1 aromatic heterocycles. The molecule has 25 heavy (non-hydrogen) atoms. The van der Waals surface area contributed by atoms with Gasteiger partial charge in [-0.1, -0.05) is 35.0 Å². The van der Waals surface area contributed by atoms with E-state index in [0.29, 0.717) is 5.69 Å². The van der Waals surface area contributed by atoms with Crippen LogP contribution in [-0.2, 0) is 0 Å². The van der Waals surface area contributed by atoms with Crippen molar-refractivity contribution in [1.29, 1.82) is 0 Å². The van der Waals surface area contributed by atoms with Crippen molar-refractivity contribution in [2.75, 3.05) is 11.4 Å². The third-order valence-electron chi connectivity index (χ3n) is 4.51. The highest BCUT2D eigenvalue weighted by molar-refractivity contribution is 9.10.